The number of carbonyl (C=O) groups is 2. The molecule has 1 aromatic heterocycles. The lowest BCUT2D eigenvalue weighted by Crippen LogP contribution is -2.28. The summed E-state index contributed by atoms with van der Waals surface area (Å²) in [6, 6.07) is 0. The number of amides is 2. The van der Waals surface area contributed by atoms with Crippen LogP contribution in [0.15, 0.2) is 11.0 Å². The van der Waals surface area contributed by atoms with Crippen molar-refractivity contribution in [3.63, 3.8) is 0 Å². The molecule has 1 heterocycles. The minimum Gasteiger partial charge on any atom is -0.444 e. The van der Waals surface area contributed by atoms with Gasteiger partial charge in [-0.1, -0.05) is 11.8 Å². The highest BCUT2D eigenvalue weighted by molar-refractivity contribution is 7.54. The van der Waals surface area contributed by atoms with Gasteiger partial charge in [0, 0.05) is 6.42 Å². The Morgan fingerprint density at radius 2 is 1.60 bits per heavy atom. The van der Waals surface area contributed by atoms with Crippen LogP contribution in [0.3, 0.4) is 0 Å². The topological polar surface area (TPSA) is 149 Å². The van der Waals surface area contributed by atoms with Gasteiger partial charge in [-0.15, -0.1) is 0 Å². The monoisotopic (exact) mass is 512 g/mol. The fourth-order valence-corrected chi connectivity index (χ4v) is 4.91. The van der Waals surface area contributed by atoms with Crippen molar-refractivity contribution in [3.05, 3.63) is 22.2 Å². The summed E-state index contributed by atoms with van der Waals surface area (Å²) in [5.41, 5.74) is -2.59. The zero-order valence-electron chi connectivity index (χ0n) is 22.0. The van der Waals surface area contributed by atoms with Crippen LogP contribution in [0.2, 0.25) is 0 Å². The van der Waals surface area contributed by atoms with E-state index in [1.54, 1.807) is 62.3 Å². The van der Waals surface area contributed by atoms with E-state index in [2.05, 4.69) is 32.4 Å². The first-order valence-corrected chi connectivity index (χ1v) is 12.9. The van der Waals surface area contributed by atoms with E-state index in [9.17, 15) is 18.9 Å². The molecule has 3 N–H and O–H groups in total. The number of aromatic nitrogens is 2. The van der Waals surface area contributed by atoms with Crippen LogP contribution in [0.5, 0.6) is 0 Å². The van der Waals surface area contributed by atoms with Gasteiger partial charge in [0.15, 0.2) is 0 Å². The molecule has 0 atom stereocenters. The predicted octanol–water partition coefficient (Wildman–Crippen LogP) is 3.80. The Morgan fingerprint density at radius 3 is 2.11 bits per heavy atom. The van der Waals surface area contributed by atoms with Gasteiger partial charge in [-0.25, -0.2) is 14.6 Å². The summed E-state index contributed by atoms with van der Waals surface area (Å²) in [4.78, 5) is 41.8. The molecule has 0 aliphatic rings. The molecule has 0 spiro atoms. The van der Waals surface area contributed by atoms with E-state index in [0.29, 0.717) is 0 Å². The van der Waals surface area contributed by atoms with E-state index in [4.69, 9.17) is 13.8 Å². The predicted molar refractivity (Wildman–Crippen MR) is 133 cm³/mol. The molecule has 35 heavy (non-hydrogen) atoms. The van der Waals surface area contributed by atoms with Crippen molar-refractivity contribution < 1.29 is 27.9 Å². The average Bonchev–Trinajstić information content (AvgIpc) is 2.60. The van der Waals surface area contributed by atoms with Crippen molar-refractivity contribution in [2.24, 2.45) is 0 Å². The molecule has 0 aliphatic heterocycles. The minimum absolute atomic E-state index is 0.0256. The summed E-state index contributed by atoms with van der Waals surface area (Å²) in [6.07, 6.45) is 0.255. The lowest BCUT2D eigenvalue weighted by atomic mass is 10.2. The molecule has 11 nitrogen and oxygen atoms in total. The largest absolute Gasteiger partial charge is 0.444 e. The number of rotatable bonds is 7. The number of hydrogen-bond acceptors (Lipinski definition) is 8. The van der Waals surface area contributed by atoms with E-state index in [0.717, 1.165) is 0 Å². The second kappa shape index (κ2) is 11.8. The molecule has 0 saturated carbocycles. The van der Waals surface area contributed by atoms with Crippen LogP contribution in [0.1, 0.15) is 74.3 Å². The Kier molecular flexibility index (Phi) is 10.3. The molecule has 2 amide bonds. The van der Waals surface area contributed by atoms with Gasteiger partial charge in [0.2, 0.25) is 5.91 Å². The van der Waals surface area contributed by atoms with Gasteiger partial charge in [-0.3, -0.25) is 19.7 Å². The van der Waals surface area contributed by atoms with Gasteiger partial charge in [0.05, 0.1) is 35.7 Å². The molecule has 0 radical (unpaired) electrons. The Labute approximate surface area is 206 Å². The van der Waals surface area contributed by atoms with Gasteiger partial charge in [0.25, 0.3) is 0 Å². The molecule has 196 valence electrons. The molecule has 1 rings (SSSR count). The standard InChI is InChI=1S/C23H37N4O7P/c1-21(2,3)32-20(30)27-18-16(15-25-19(29)26-18)11-10-13-24-17(28)12-14-35(31,33-22(4,5)6)34-23(7,8)9/h15H,12-14H2,1-9H3,(H,24,28)(H2,25,26,27,29,30). The van der Waals surface area contributed by atoms with Crippen LogP contribution in [-0.4, -0.2) is 51.5 Å². The Hall–Kier alpha value is -2.67. The summed E-state index contributed by atoms with van der Waals surface area (Å²) >= 11 is 0. The SMILES string of the molecule is CC(C)(C)OC(=O)Nc1[nH]c(=O)ncc1C#CCNC(=O)CCP(=O)(OC(C)(C)C)OC(C)(C)C. The summed E-state index contributed by atoms with van der Waals surface area (Å²) in [6.45, 7) is 15.7. The second-order valence-corrected chi connectivity index (χ2v) is 12.7. The van der Waals surface area contributed by atoms with Crippen molar-refractivity contribution in [2.45, 2.75) is 85.5 Å². The van der Waals surface area contributed by atoms with Crippen LogP contribution in [0.4, 0.5) is 10.6 Å². The molecular formula is C23H37N4O7P. The number of H-pyrrole nitrogens is 1. The minimum atomic E-state index is -3.53. The van der Waals surface area contributed by atoms with E-state index in [-0.39, 0.29) is 36.4 Å². The highest BCUT2D eigenvalue weighted by Crippen LogP contribution is 2.54. The quantitative estimate of drug-likeness (QED) is 0.369. The average molecular weight is 513 g/mol. The van der Waals surface area contributed by atoms with Crippen LogP contribution < -0.4 is 16.3 Å². The van der Waals surface area contributed by atoms with Crippen molar-refractivity contribution in [1.29, 1.82) is 0 Å². The number of hydrogen-bond donors (Lipinski definition) is 3. The molecule has 0 aliphatic carbocycles. The maximum Gasteiger partial charge on any atom is 0.413 e. The van der Waals surface area contributed by atoms with Crippen molar-refractivity contribution >= 4 is 25.4 Å². The molecule has 0 unspecified atom stereocenters. The lowest BCUT2D eigenvalue weighted by Gasteiger charge is -2.32. The second-order valence-electron chi connectivity index (χ2n) is 10.7. The number of nitrogens with zero attached hydrogens (tertiary/aromatic N) is 1. The molecule has 0 fully saturated rings. The Balaban J connectivity index is 2.77. The molecule has 12 heteroatoms. The molecular weight excluding hydrogens is 475 g/mol. The van der Waals surface area contributed by atoms with Crippen molar-refractivity contribution in [2.75, 3.05) is 18.0 Å². The van der Waals surface area contributed by atoms with Crippen molar-refractivity contribution in [3.8, 4) is 11.8 Å². The van der Waals surface area contributed by atoms with Crippen LogP contribution in [-0.2, 0) is 23.1 Å². The van der Waals surface area contributed by atoms with Gasteiger partial charge in [-0.05, 0) is 62.3 Å². The third kappa shape index (κ3) is 13.7. The first-order valence-electron chi connectivity index (χ1n) is 11.1. The van der Waals surface area contributed by atoms with Crippen LogP contribution in [0.25, 0.3) is 0 Å². The third-order valence-electron chi connectivity index (χ3n) is 3.47. The van der Waals surface area contributed by atoms with E-state index in [1.165, 1.54) is 6.20 Å². The van der Waals surface area contributed by atoms with Gasteiger partial charge < -0.3 is 19.1 Å². The first kappa shape index (κ1) is 30.4. The Bertz CT molecular complexity index is 1050. The zero-order chi connectivity index (χ0) is 27.1. The third-order valence-corrected chi connectivity index (χ3v) is 5.90. The van der Waals surface area contributed by atoms with E-state index in [1.807, 2.05) is 0 Å². The van der Waals surface area contributed by atoms with E-state index < -0.39 is 36.2 Å². The van der Waals surface area contributed by atoms with Gasteiger partial charge in [-0.2, -0.15) is 0 Å². The summed E-state index contributed by atoms with van der Waals surface area (Å²) < 4.78 is 29.7. The Morgan fingerprint density at radius 1 is 1.03 bits per heavy atom. The lowest BCUT2D eigenvalue weighted by molar-refractivity contribution is -0.120. The van der Waals surface area contributed by atoms with Crippen LogP contribution >= 0.6 is 7.60 Å². The molecule has 1 aromatic rings. The molecule has 0 saturated heterocycles. The molecule has 0 bridgehead atoms. The number of anilines is 1. The number of carbonyl (C=O) groups excluding carboxylic acids is 2. The fraction of sp³-hybridized carbons (Fsp3) is 0.652. The van der Waals surface area contributed by atoms with E-state index >= 15 is 0 Å². The highest BCUT2D eigenvalue weighted by atomic mass is 31.2. The first-order chi connectivity index (χ1) is 15.8. The summed E-state index contributed by atoms with van der Waals surface area (Å²) in [5.74, 6) is 5.08. The van der Waals surface area contributed by atoms with Gasteiger partial charge >= 0.3 is 19.4 Å². The summed E-state index contributed by atoms with van der Waals surface area (Å²) in [7, 11) is -3.53. The fourth-order valence-electron chi connectivity index (χ4n) is 2.55. The van der Waals surface area contributed by atoms with Crippen LogP contribution in [0, 0.1) is 11.8 Å². The maximum atomic E-state index is 13.2. The molecule has 0 aromatic carbocycles. The van der Waals surface area contributed by atoms with Gasteiger partial charge in [0.1, 0.15) is 11.4 Å². The van der Waals surface area contributed by atoms with Crippen molar-refractivity contribution in [1.82, 2.24) is 15.3 Å². The summed E-state index contributed by atoms with van der Waals surface area (Å²) in [5, 5.41) is 5.03. The smallest absolute Gasteiger partial charge is 0.413 e. The number of aromatic amines is 1. The highest BCUT2D eigenvalue weighted by Gasteiger charge is 2.35. The zero-order valence-corrected chi connectivity index (χ0v) is 22.8. The number of ether oxygens (including phenoxy) is 1. The normalized spacial score (nSPS) is 12.4. The maximum absolute atomic E-state index is 13.2. The number of nitrogens with one attached hydrogen (secondary N) is 3.